The number of nitrogens with one attached hydrogen (secondary N) is 1. The van der Waals surface area contributed by atoms with Crippen molar-refractivity contribution in [3.05, 3.63) is 0 Å². The molecule has 0 aromatic rings. The van der Waals surface area contributed by atoms with Gasteiger partial charge in [0.2, 0.25) is 10.0 Å². The minimum atomic E-state index is -3.08. The molecule has 0 heterocycles. The summed E-state index contributed by atoms with van der Waals surface area (Å²) in [6.45, 7) is 2.57. The van der Waals surface area contributed by atoms with Crippen molar-refractivity contribution in [3.8, 4) is 0 Å². The molecule has 1 fully saturated rings. The van der Waals surface area contributed by atoms with Crippen molar-refractivity contribution in [2.45, 2.75) is 51.0 Å². The van der Waals surface area contributed by atoms with E-state index >= 15 is 0 Å². The van der Waals surface area contributed by atoms with Crippen molar-refractivity contribution in [2.75, 3.05) is 26.4 Å². The summed E-state index contributed by atoms with van der Waals surface area (Å²) in [7, 11) is 1.02. The average Bonchev–Trinajstić information content (AvgIpc) is 2.74. The molecule has 17 heavy (non-hydrogen) atoms. The van der Waals surface area contributed by atoms with Crippen LogP contribution in [0.5, 0.6) is 0 Å². The fourth-order valence-corrected chi connectivity index (χ4v) is 3.77. The molecule has 0 unspecified atom stereocenters. The summed E-state index contributed by atoms with van der Waals surface area (Å²) in [5.74, 6) is 0.257. The molecule has 1 saturated carbocycles. The Hall–Kier alpha value is -0.130. The van der Waals surface area contributed by atoms with Crippen LogP contribution < -0.4 is 4.72 Å². The summed E-state index contributed by atoms with van der Waals surface area (Å²) < 4.78 is 26.4. The average molecular weight is 262 g/mol. The Morgan fingerprint density at radius 2 is 1.82 bits per heavy atom. The fourth-order valence-electron chi connectivity index (χ4n) is 2.47. The van der Waals surface area contributed by atoms with Crippen LogP contribution in [0.15, 0.2) is 0 Å². The molecule has 0 aromatic carbocycles. The quantitative estimate of drug-likeness (QED) is 0.758. The molecule has 0 atom stereocenters. The van der Waals surface area contributed by atoms with Gasteiger partial charge in [-0.05, 0) is 33.4 Å². The number of unbranched alkanes of at least 4 members (excludes halogenated alkanes) is 1. The van der Waals surface area contributed by atoms with Gasteiger partial charge in [0.1, 0.15) is 0 Å². The van der Waals surface area contributed by atoms with Gasteiger partial charge >= 0.3 is 0 Å². The van der Waals surface area contributed by atoms with Gasteiger partial charge in [-0.2, -0.15) is 0 Å². The standard InChI is InChI=1S/C12H26N2O2S/c1-4-5-10-17(15,16)13-11-12(14(2)3)8-6-7-9-12/h13H,4-11H2,1-3H3. The van der Waals surface area contributed by atoms with Gasteiger partial charge in [-0.15, -0.1) is 0 Å². The number of likely N-dealkylation sites (N-methyl/N-ethyl adjacent to an activating group) is 1. The Morgan fingerprint density at radius 3 is 2.29 bits per heavy atom. The van der Waals surface area contributed by atoms with E-state index in [-0.39, 0.29) is 11.3 Å². The predicted molar refractivity (Wildman–Crippen MR) is 71.6 cm³/mol. The number of nitrogens with zero attached hydrogens (tertiary/aromatic N) is 1. The molecule has 0 aliphatic heterocycles. The van der Waals surface area contributed by atoms with Gasteiger partial charge in [-0.3, -0.25) is 0 Å². The second-order valence-corrected chi connectivity index (χ2v) is 7.25. The van der Waals surface area contributed by atoms with Crippen LogP contribution in [-0.2, 0) is 10.0 Å². The Morgan fingerprint density at radius 1 is 1.24 bits per heavy atom. The molecule has 0 spiro atoms. The van der Waals surface area contributed by atoms with Gasteiger partial charge in [0, 0.05) is 12.1 Å². The van der Waals surface area contributed by atoms with Crippen molar-refractivity contribution >= 4 is 10.0 Å². The lowest BCUT2D eigenvalue weighted by Gasteiger charge is -2.36. The highest BCUT2D eigenvalue weighted by atomic mass is 32.2. The first-order chi connectivity index (χ1) is 7.92. The van der Waals surface area contributed by atoms with Crippen LogP contribution in [0.1, 0.15) is 45.4 Å². The first kappa shape index (κ1) is 14.9. The van der Waals surface area contributed by atoms with Crippen LogP contribution >= 0.6 is 0 Å². The van der Waals surface area contributed by atoms with Crippen LogP contribution in [-0.4, -0.2) is 45.2 Å². The normalized spacial score (nSPS) is 20.0. The van der Waals surface area contributed by atoms with Crippen LogP contribution in [0.3, 0.4) is 0 Å². The zero-order valence-electron chi connectivity index (χ0n) is 11.3. The third-order valence-corrected chi connectivity index (χ3v) is 5.28. The molecule has 0 saturated heterocycles. The van der Waals surface area contributed by atoms with Crippen molar-refractivity contribution in [1.29, 1.82) is 0 Å². The number of hydrogen-bond acceptors (Lipinski definition) is 3. The summed E-state index contributed by atoms with van der Waals surface area (Å²) in [5.41, 5.74) is 0.0410. The van der Waals surface area contributed by atoms with Crippen molar-refractivity contribution in [3.63, 3.8) is 0 Å². The highest BCUT2D eigenvalue weighted by Crippen LogP contribution is 2.33. The highest BCUT2D eigenvalue weighted by Gasteiger charge is 2.36. The van der Waals surface area contributed by atoms with E-state index in [1.807, 2.05) is 21.0 Å². The summed E-state index contributed by atoms with van der Waals surface area (Å²) in [6, 6.07) is 0. The Labute approximate surface area is 106 Å². The van der Waals surface area contributed by atoms with E-state index in [1.165, 1.54) is 12.8 Å². The maximum absolute atomic E-state index is 11.8. The van der Waals surface area contributed by atoms with Gasteiger partial charge < -0.3 is 4.90 Å². The predicted octanol–water partition coefficient (Wildman–Crippen LogP) is 1.58. The first-order valence-electron chi connectivity index (χ1n) is 6.57. The van der Waals surface area contributed by atoms with Gasteiger partial charge in [-0.25, -0.2) is 13.1 Å². The lowest BCUT2D eigenvalue weighted by molar-refractivity contribution is 0.162. The van der Waals surface area contributed by atoms with Gasteiger partial charge in [0.25, 0.3) is 0 Å². The van der Waals surface area contributed by atoms with Crippen molar-refractivity contribution in [1.82, 2.24) is 9.62 Å². The molecule has 1 aliphatic rings. The van der Waals surface area contributed by atoms with Crippen LogP contribution in [0.4, 0.5) is 0 Å². The van der Waals surface area contributed by atoms with Gasteiger partial charge in [0.15, 0.2) is 0 Å². The smallest absolute Gasteiger partial charge is 0.211 e. The zero-order valence-corrected chi connectivity index (χ0v) is 12.1. The lowest BCUT2D eigenvalue weighted by Crippen LogP contribution is -2.51. The maximum Gasteiger partial charge on any atom is 0.211 e. The van der Waals surface area contributed by atoms with E-state index in [4.69, 9.17) is 0 Å². The van der Waals surface area contributed by atoms with Crippen molar-refractivity contribution in [2.24, 2.45) is 0 Å². The fraction of sp³-hybridized carbons (Fsp3) is 1.00. The minimum Gasteiger partial charge on any atom is -0.302 e. The molecule has 0 aromatic heterocycles. The van der Waals surface area contributed by atoms with E-state index in [0.717, 1.165) is 25.7 Å². The summed E-state index contributed by atoms with van der Waals surface area (Å²) in [6.07, 6.45) is 6.25. The van der Waals surface area contributed by atoms with Gasteiger partial charge in [0.05, 0.1) is 5.75 Å². The molecule has 5 heteroatoms. The van der Waals surface area contributed by atoms with Crippen LogP contribution in [0, 0.1) is 0 Å². The molecule has 1 rings (SSSR count). The van der Waals surface area contributed by atoms with Crippen LogP contribution in [0.2, 0.25) is 0 Å². The van der Waals surface area contributed by atoms with Crippen molar-refractivity contribution < 1.29 is 8.42 Å². The molecule has 0 amide bonds. The molecule has 4 nitrogen and oxygen atoms in total. The molecule has 102 valence electrons. The second-order valence-electron chi connectivity index (χ2n) is 5.32. The molecule has 0 bridgehead atoms. The van der Waals surface area contributed by atoms with E-state index in [1.54, 1.807) is 0 Å². The largest absolute Gasteiger partial charge is 0.302 e. The number of rotatable bonds is 7. The summed E-state index contributed by atoms with van der Waals surface area (Å²) >= 11 is 0. The molecule has 0 radical (unpaired) electrons. The van der Waals surface area contributed by atoms with E-state index in [0.29, 0.717) is 6.54 Å². The molecular formula is C12H26N2O2S. The molecular weight excluding hydrogens is 236 g/mol. The van der Waals surface area contributed by atoms with E-state index in [9.17, 15) is 8.42 Å². The third-order valence-electron chi connectivity index (χ3n) is 3.87. The molecule has 1 aliphatic carbocycles. The first-order valence-corrected chi connectivity index (χ1v) is 8.22. The second kappa shape index (κ2) is 6.16. The molecule has 1 N–H and O–H groups in total. The Bertz CT molecular complexity index is 319. The Kier molecular flexibility index (Phi) is 5.41. The SMILES string of the molecule is CCCCS(=O)(=O)NCC1(N(C)C)CCCC1. The van der Waals surface area contributed by atoms with Crippen LogP contribution in [0.25, 0.3) is 0 Å². The highest BCUT2D eigenvalue weighted by molar-refractivity contribution is 7.89. The van der Waals surface area contributed by atoms with Gasteiger partial charge in [-0.1, -0.05) is 26.2 Å². The number of sulfonamides is 1. The summed E-state index contributed by atoms with van der Waals surface area (Å²) in [4.78, 5) is 2.18. The maximum atomic E-state index is 11.8. The van der Waals surface area contributed by atoms with E-state index in [2.05, 4.69) is 9.62 Å². The third kappa shape index (κ3) is 4.23. The lowest BCUT2D eigenvalue weighted by atomic mass is 9.97. The zero-order chi connectivity index (χ0) is 12.9. The monoisotopic (exact) mass is 262 g/mol. The summed E-state index contributed by atoms with van der Waals surface area (Å²) in [5, 5.41) is 0. The number of hydrogen-bond donors (Lipinski definition) is 1. The topological polar surface area (TPSA) is 49.4 Å². The Balaban J connectivity index is 2.53. The minimum absolute atomic E-state index is 0.0410. The van der Waals surface area contributed by atoms with E-state index < -0.39 is 10.0 Å².